The van der Waals surface area contributed by atoms with E-state index in [9.17, 15) is 15.0 Å². The Bertz CT molecular complexity index is 728. The highest BCUT2D eigenvalue weighted by Gasteiger charge is 2.13. The molecule has 0 spiro atoms. The van der Waals surface area contributed by atoms with Gasteiger partial charge in [0.05, 0.1) is 12.2 Å². The minimum atomic E-state index is -0.116. The second kappa shape index (κ2) is 10.5. The number of carbonyl (C=O) groups excluding carboxylic acids is 1. The molecule has 146 valence electrons. The van der Waals surface area contributed by atoms with Gasteiger partial charge in [0.2, 0.25) is 0 Å². The number of carbonyl (C=O) groups is 1. The molecule has 0 aliphatic rings. The van der Waals surface area contributed by atoms with Crippen molar-refractivity contribution >= 4 is 11.5 Å². The molecule has 5 nitrogen and oxygen atoms in total. The van der Waals surface area contributed by atoms with Crippen molar-refractivity contribution < 1.29 is 19.7 Å². The first-order valence-electron chi connectivity index (χ1n) is 9.48. The number of benzene rings is 2. The zero-order valence-corrected chi connectivity index (χ0v) is 16.1. The second-order valence-electron chi connectivity index (χ2n) is 6.68. The number of ketones is 1. The van der Waals surface area contributed by atoms with Gasteiger partial charge in [0, 0.05) is 13.0 Å². The predicted octanol–water partition coefficient (Wildman–Crippen LogP) is 4.30. The van der Waals surface area contributed by atoms with Crippen LogP contribution < -0.4 is 9.64 Å². The van der Waals surface area contributed by atoms with Crippen LogP contribution in [0.3, 0.4) is 0 Å². The molecule has 0 saturated carbocycles. The summed E-state index contributed by atoms with van der Waals surface area (Å²) in [7, 11) is 0. The lowest BCUT2D eigenvalue weighted by Gasteiger charge is -2.25. The Kier molecular flexibility index (Phi) is 7.99. The zero-order valence-electron chi connectivity index (χ0n) is 16.1. The summed E-state index contributed by atoms with van der Waals surface area (Å²) in [6.45, 7) is 5.52. The van der Waals surface area contributed by atoms with Crippen molar-refractivity contribution in [3.05, 3.63) is 48.0 Å². The fourth-order valence-electron chi connectivity index (χ4n) is 2.96. The molecule has 5 heteroatoms. The molecule has 2 rings (SSSR count). The number of anilines is 1. The smallest absolute Gasteiger partial charge is 0.181 e. The molecule has 0 aliphatic carbocycles. The Hall–Kier alpha value is -2.69. The van der Waals surface area contributed by atoms with Gasteiger partial charge in [0.1, 0.15) is 18.1 Å². The maximum absolute atomic E-state index is 11.0. The van der Waals surface area contributed by atoms with Gasteiger partial charge < -0.3 is 24.6 Å². The predicted molar refractivity (Wildman–Crippen MR) is 108 cm³/mol. The molecule has 0 atom stereocenters. The monoisotopic (exact) mass is 371 g/mol. The fraction of sp³-hybridized carbons (Fsp3) is 0.409. The van der Waals surface area contributed by atoms with Gasteiger partial charge >= 0.3 is 0 Å². The van der Waals surface area contributed by atoms with Crippen LogP contribution in [0.2, 0.25) is 0 Å². The molecule has 0 heterocycles. The van der Waals surface area contributed by atoms with Gasteiger partial charge in [0.15, 0.2) is 11.5 Å². The van der Waals surface area contributed by atoms with E-state index >= 15 is 0 Å². The molecule has 0 fully saturated rings. The van der Waals surface area contributed by atoms with Crippen LogP contribution in [-0.2, 0) is 11.2 Å². The number of phenols is 2. The standard InChI is InChI=1S/C22H29NO4/c1-3-14-23(20-8-5-9-21(25)22(20)26)15-16-27-19-12-10-18(11-13-19)7-4-6-17(2)24/h5,8-13,25-26H,3-4,6-7,14-16H2,1-2H3. The molecule has 0 bridgehead atoms. The summed E-state index contributed by atoms with van der Waals surface area (Å²) in [5.41, 5.74) is 1.81. The molecule has 0 aromatic heterocycles. The van der Waals surface area contributed by atoms with Crippen LogP contribution in [0.25, 0.3) is 0 Å². The van der Waals surface area contributed by atoms with Gasteiger partial charge in [-0.3, -0.25) is 0 Å². The molecule has 0 aliphatic heterocycles. The maximum Gasteiger partial charge on any atom is 0.181 e. The Morgan fingerprint density at radius 2 is 1.81 bits per heavy atom. The van der Waals surface area contributed by atoms with Gasteiger partial charge in [-0.1, -0.05) is 25.1 Å². The van der Waals surface area contributed by atoms with E-state index in [2.05, 4.69) is 6.92 Å². The summed E-state index contributed by atoms with van der Waals surface area (Å²) in [5, 5.41) is 19.8. The van der Waals surface area contributed by atoms with E-state index in [1.807, 2.05) is 29.2 Å². The number of aromatic hydroxyl groups is 2. The maximum atomic E-state index is 11.0. The van der Waals surface area contributed by atoms with Crippen LogP contribution in [0.15, 0.2) is 42.5 Å². The van der Waals surface area contributed by atoms with Gasteiger partial charge in [-0.15, -0.1) is 0 Å². The van der Waals surface area contributed by atoms with Crippen molar-refractivity contribution in [3.63, 3.8) is 0 Å². The second-order valence-corrected chi connectivity index (χ2v) is 6.68. The fourth-order valence-corrected chi connectivity index (χ4v) is 2.96. The molecule has 0 radical (unpaired) electrons. The number of phenolic OH excluding ortho intramolecular Hbond substituents is 2. The summed E-state index contributed by atoms with van der Waals surface area (Å²) >= 11 is 0. The first-order valence-corrected chi connectivity index (χ1v) is 9.48. The third-order valence-electron chi connectivity index (χ3n) is 4.38. The number of rotatable bonds is 11. The summed E-state index contributed by atoms with van der Waals surface area (Å²) in [6, 6.07) is 12.9. The van der Waals surface area contributed by atoms with Crippen molar-refractivity contribution in [1.29, 1.82) is 0 Å². The highest BCUT2D eigenvalue weighted by Crippen LogP contribution is 2.35. The van der Waals surface area contributed by atoms with Crippen LogP contribution in [-0.4, -0.2) is 35.7 Å². The molecular weight excluding hydrogens is 342 g/mol. The summed E-state index contributed by atoms with van der Waals surface area (Å²) in [4.78, 5) is 13.0. The van der Waals surface area contributed by atoms with E-state index in [0.717, 1.165) is 31.6 Å². The quantitative estimate of drug-likeness (QED) is 0.576. The number of nitrogens with zero attached hydrogens (tertiary/aromatic N) is 1. The van der Waals surface area contributed by atoms with E-state index in [1.165, 1.54) is 11.6 Å². The normalized spacial score (nSPS) is 10.6. The Labute approximate surface area is 161 Å². The molecule has 0 amide bonds. The Morgan fingerprint density at radius 1 is 1.07 bits per heavy atom. The van der Waals surface area contributed by atoms with Crippen LogP contribution in [0.4, 0.5) is 5.69 Å². The third-order valence-corrected chi connectivity index (χ3v) is 4.38. The number of hydrogen-bond acceptors (Lipinski definition) is 5. The number of hydrogen-bond donors (Lipinski definition) is 2. The topological polar surface area (TPSA) is 70.0 Å². The summed E-state index contributed by atoms with van der Waals surface area (Å²) < 4.78 is 5.83. The SMILES string of the molecule is CCCN(CCOc1ccc(CCCC(C)=O)cc1)c1cccc(O)c1O. The lowest BCUT2D eigenvalue weighted by atomic mass is 10.1. The van der Waals surface area contributed by atoms with E-state index < -0.39 is 0 Å². The van der Waals surface area contributed by atoms with Crippen molar-refractivity contribution in [2.24, 2.45) is 0 Å². The molecule has 27 heavy (non-hydrogen) atoms. The lowest BCUT2D eigenvalue weighted by Crippen LogP contribution is -2.29. The van der Waals surface area contributed by atoms with E-state index in [-0.39, 0.29) is 17.3 Å². The van der Waals surface area contributed by atoms with Gasteiger partial charge in [-0.05, 0) is 56.0 Å². The summed E-state index contributed by atoms with van der Waals surface area (Å²) in [5.74, 6) is 0.807. The van der Waals surface area contributed by atoms with Crippen molar-refractivity contribution in [1.82, 2.24) is 0 Å². The first kappa shape index (κ1) is 20.6. The van der Waals surface area contributed by atoms with E-state index in [0.29, 0.717) is 25.3 Å². The minimum Gasteiger partial charge on any atom is -0.504 e. The van der Waals surface area contributed by atoms with Crippen LogP contribution >= 0.6 is 0 Å². The number of aryl methyl sites for hydroxylation is 1. The summed E-state index contributed by atoms with van der Waals surface area (Å²) in [6.07, 6.45) is 3.30. The first-order chi connectivity index (χ1) is 13.0. The minimum absolute atomic E-state index is 0.0964. The van der Waals surface area contributed by atoms with E-state index in [4.69, 9.17) is 4.74 Å². The van der Waals surface area contributed by atoms with Crippen LogP contribution in [0.5, 0.6) is 17.2 Å². The highest BCUT2D eigenvalue weighted by atomic mass is 16.5. The Balaban J connectivity index is 1.87. The van der Waals surface area contributed by atoms with Gasteiger partial charge in [-0.2, -0.15) is 0 Å². The highest BCUT2D eigenvalue weighted by molar-refractivity contribution is 5.75. The zero-order chi connectivity index (χ0) is 19.6. The molecular formula is C22H29NO4. The molecule has 2 aromatic carbocycles. The van der Waals surface area contributed by atoms with Gasteiger partial charge in [0.25, 0.3) is 0 Å². The van der Waals surface area contributed by atoms with Crippen LogP contribution in [0.1, 0.15) is 38.7 Å². The average molecular weight is 371 g/mol. The largest absolute Gasteiger partial charge is 0.504 e. The van der Waals surface area contributed by atoms with Crippen molar-refractivity contribution in [2.75, 3.05) is 24.6 Å². The van der Waals surface area contributed by atoms with E-state index in [1.54, 1.807) is 19.1 Å². The molecule has 2 N–H and O–H groups in total. The Morgan fingerprint density at radius 3 is 2.48 bits per heavy atom. The van der Waals surface area contributed by atoms with Crippen molar-refractivity contribution in [3.8, 4) is 17.2 Å². The lowest BCUT2D eigenvalue weighted by molar-refractivity contribution is -0.117. The molecule has 0 unspecified atom stereocenters. The van der Waals surface area contributed by atoms with Crippen LogP contribution in [0, 0.1) is 0 Å². The number of Topliss-reactive ketones (excluding diaryl/α,β-unsaturated/α-hetero) is 1. The van der Waals surface area contributed by atoms with Crippen molar-refractivity contribution in [2.45, 2.75) is 39.5 Å². The third kappa shape index (κ3) is 6.51. The number of ether oxygens (including phenoxy) is 1. The molecule has 2 aromatic rings. The number of para-hydroxylation sites is 1. The van der Waals surface area contributed by atoms with Gasteiger partial charge in [-0.25, -0.2) is 0 Å². The molecule has 0 saturated heterocycles. The average Bonchev–Trinajstić information content (AvgIpc) is 2.64.